The Labute approximate surface area is 251 Å². The average Bonchev–Trinajstić information content (AvgIpc) is 3.13. The molecule has 11 nitrogen and oxygen atoms in total. The number of benzene rings is 1. The summed E-state index contributed by atoms with van der Waals surface area (Å²) in [4.78, 5) is 60.1. The third-order valence-corrected chi connectivity index (χ3v) is 7.42. The lowest BCUT2D eigenvalue weighted by molar-refractivity contribution is -0.157. The van der Waals surface area contributed by atoms with Crippen LogP contribution in [0.1, 0.15) is 25.1 Å². The van der Waals surface area contributed by atoms with Gasteiger partial charge in [-0.3, -0.25) is 24.3 Å². The summed E-state index contributed by atoms with van der Waals surface area (Å²) in [6, 6.07) is 9.31. The lowest BCUT2D eigenvalue weighted by Gasteiger charge is -2.45. The van der Waals surface area contributed by atoms with Crippen molar-refractivity contribution < 1.29 is 37.1 Å². The lowest BCUT2D eigenvalue weighted by Crippen LogP contribution is -2.67. The van der Waals surface area contributed by atoms with Crippen molar-refractivity contribution in [3.8, 4) is 0 Å². The van der Waals surface area contributed by atoms with E-state index in [1.807, 2.05) is 0 Å². The van der Waals surface area contributed by atoms with Gasteiger partial charge in [-0.25, -0.2) is 4.79 Å². The summed E-state index contributed by atoms with van der Waals surface area (Å²) in [5.74, 6) is -2.38. The zero-order valence-electron chi connectivity index (χ0n) is 23.6. The van der Waals surface area contributed by atoms with Crippen molar-refractivity contribution in [2.75, 3.05) is 32.8 Å². The summed E-state index contributed by atoms with van der Waals surface area (Å²) in [7, 11) is 0. The van der Waals surface area contributed by atoms with Crippen molar-refractivity contribution >= 4 is 35.4 Å². The quantitative estimate of drug-likeness (QED) is 0.386. The monoisotopic (exact) mass is 624 g/mol. The number of nitrogens with zero attached hydrogens (tertiary/aromatic N) is 4. The average molecular weight is 625 g/mol. The second kappa shape index (κ2) is 12.5. The van der Waals surface area contributed by atoms with E-state index in [0.29, 0.717) is 10.7 Å². The van der Waals surface area contributed by atoms with Crippen LogP contribution in [0.15, 0.2) is 48.7 Å². The van der Waals surface area contributed by atoms with Crippen LogP contribution in [0.5, 0.6) is 0 Å². The van der Waals surface area contributed by atoms with Crippen molar-refractivity contribution in [3.63, 3.8) is 0 Å². The number of alkyl halides is 3. The maximum absolute atomic E-state index is 13.9. The van der Waals surface area contributed by atoms with E-state index in [0.717, 1.165) is 10.5 Å². The van der Waals surface area contributed by atoms with E-state index < -0.39 is 60.1 Å². The molecule has 15 heteroatoms. The van der Waals surface area contributed by atoms with Crippen LogP contribution in [0.3, 0.4) is 0 Å². The first-order valence-electron chi connectivity index (χ1n) is 13.4. The topological polar surface area (TPSA) is 138 Å². The van der Waals surface area contributed by atoms with Crippen LogP contribution in [0.25, 0.3) is 0 Å². The van der Waals surface area contributed by atoms with E-state index in [-0.39, 0.29) is 37.6 Å². The number of nitrogens with two attached hydrogens (primary N) is 1. The van der Waals surface area contributed by atoms with Gasteiger partial charge < -0.3 is 25.6 Å². The van der Waals surface area contributed by atoms with Crippen LogP contribution < -0.4 is 11.1 Å². The molecular formula is C28H32ClF3N6O5. The summed E-state index contributed by atoms with van der Waals surface area (Å²) in [5.41, 5.74) is 3.85. The molecule has 0 spiro atoms. The largest absolute Gasteiger partial charge is 0.406 e. The number of piperazine rings is 1. The first-order chi connectivity index (χ1) is 20.1. The highest BCUT2D eigenvalue weighted by Crippen LogP contribution is 2.36. The molecule has 2 aromatic rings. The number of carbonyl (C=O) groups is 4. The summed E-state index contributed by atoms with van der Waals surface area (Å²) < 4.78 is 45.8. The zero-order valence-corrected chi connectivity index (χ0v) is 24.3. The van der Waals surface area contributed by atoms with E-state index in [2.05, 4.69) is 10.3 Å². The molecule has 2 atom stereocenters. The summed E-state index contributed by atoms with van der Waals surface area (Å²) >= 11 is 5.92. The van der Waals surface area contributed by atoms with E-state index in [1.165, 1.54) is 24.9 Å². The van der Waals surface area contributed by atoms with Gasteiger partial charge in [0.15, 0.2) is 0 Å². The Kier molecular flexibility index (Phi) is 9.33. The number of hydrogen-bond acceptors (Lipinski definition) is 7. The standard InChI is InChI=1S/C28H32ClF3N6O5/c1-26(2,33)23(40)35-21(15-43-14-18-6-8-19(29)9-7-18)22(39)36-11-12-38-25(42)37(17-28(30,31)32)24(41)27(38,16-36)13-20-5-3-4-10-34-20/h3-10,21H,11-17,33H2,1-2H3,(H,35,40)/t21-,27?/m1/s1. The highest BCUT2D eigenvalue weighted by Gasteiger charge is 2.61. The lowest BCUT2D eigenvalue weighted by atomic mass is 9.88. The number of fused-ring (bicyclic) bond motifs is 1. The minimum absolute atomic E-state index is 0.0830. The van der Waals surface area contributed by atoms with Crippen LogP contribution >= 0.6 is 11.6 Å². The van der Waals surface area contributed by atoms with Crippen LogP contribution in [0, 0.1) is 0 Å². The highest BCUT2D eigenvalue weighted by atomic mass is 35.5. The predicted octanol–water partition coefficient (Wildman–Crippen LogP) is 2.12. The van der Waals surface area contributed by atoms with Gasteiger partial charge in [0.1, 0.15) is 18.1 Å². The molecule has 4 rings (SSSR count). The molecule has 5 amide bonds. The molecule has 1 unspecified atom stereocenters. The molecule has 43 heavy (non-hydrogen) atoms. The smallest absolute Gasteiger partial charge is 0.374 e. The highest BCUT2D eigenvalue weighted by molar-refractivity contribution is 6.30. The minimum Gasteiger partial charge on any atom is -0.374 e. The third-order valence-electron chi connectivity index (χ3n) is 7.17. The van der Waals surface area contributed by atoms with E-state index >= 15 is 0 Å². The van der Waals surface area contributed by atoms with Gasteiger partial charge >= 0.3 is 12.2 Å². The molecule has 3 N–H and O–H groups in total. The van der Waals surface area contributed by atoms with E-state index in [1.54, 1.807) is 42.5 Å². The first-order valence-corrected chi connectivity index (χ1v) is 13.8. The molecule has 3 heterocycles. The Bertz CT molecular complexity index is 1360. The molecule has 0 radical (unpaired) electrons. The summed E-state index contributed by atoms with van der Waals surface area (Å²) in [6.45, 7) is 0.222. The van der Waals surface area contributed by atoms with Gasteiger partial charge in [0.2, 0.25) is 11.8 Å². The fourth-order valence-electron chi connectivity index (χ4n) is 5.01. The molecule has 2 aliphatic heterocycles. The second-order valence-corrected chi connectivity index (χ2v) is 11.6. The van der Waals surface area contributed by atoms with Gasteiger partial charge in [0, 0.05) is 36.4 Å². The van der Waals surface area contributed by atoms with Crippen molar-refractivity contribution in [2.45, 2.75) is 50.2 Å². The third kappa shape index (κ3) is 7.43. The number of nitrogens with one attached hydrogen (secondary N) is 1. The number of pyridine rings is 1. The predicted molar refractivity (Wildman–Crippen MR) is 148 cm³/mol. The van der Waals surface area contributed by atoms with E-state index in [4.69, 9.17) is 22.1 Å². The van der Waals surface area contributed by atoms with Gasteiger partial charge in [-0.2, -0.15) is 13.2 Å². The Balaban J connectivity index is 1.61. The SMILES string of the molecule is CC(C)(N)C(=O)N[C@H](COCc1ccc(Cl)cc1)C(=O)N1CCN2C(=O)N(CC(F)(F)F)C(=O)C2(Cc2ccccn2)C1. The number of urea groups is 1. The molecule has 1 aromatic carbocycles. The zero-order chi connectivity index (χ0) is 31.6. The minimum atomic E-state index is -4.83. The molecule has 2 aliphatic rings. The number of ether oxygens (including phenoxy) is 1. The van der Waals surface area contributed by atoms with Gasteiger partial charge in [0.25, 0.3) is 5.91 Å². The maximum Gasteiger partial charge on any atom is 0.406 e. The normalized spacial score (nSPS) is 19.8. The number of imide groups is 1. The van der Waals surface area contributed by atoms with Crippen molar-refractivity contribution in [2.24, 2.45) is 5.73 Å². The number of amides is 5. The number of hydrogen-bond donors (Lipinski definition) is 2. The number of carbonyl (C=O) groups excluding carboxylic acids is 4. The van der Waals surface area contributed by atoms with Crippen molar-refractivity contribution in [1.29, 1.82) is 0 Å². The molecule has 2 saturated heterocycles. The van der Waals surface area contributed by atoms with Crippen molar-refractivity contribution in [3.05, 3.63) is 64.9 Å². The molecular weight excluding hydrogens is 593 g/mol. The molecule has 2 fully saturated rings. The van der Waals surface area contributed by atoms with Gasteiger partial charge in [-0.15, -0.1) is 0 Å². The fourth-order valence-corrected chi connectivity index (χ4v) is 5.14. The molecule has 0 aliphatic carbocycles. The molecule has 0 saturated carbocycles. The Hall–Kier alpha value is -3.75. The number of rotatable bonds is 10. The van der Waals surface area contributed by atoms with Crippen molar-refractivity contribution in [1.82, 2.24) is 25.0 Å². The summed E-state index contributed by atoms with van der Waals surface area (Å²) in [6.07, 6.45) is -3.60. The fraction of sp³-hybridized carbons (Fsp3) is 0.464. The number of aromatic nitrogens is 1. The molecule has 0 bridgehead atoms. The Morgan fingerprint density at radius 2 is 1.84 bits per heavy atom. The van der Waals surface area contributed by atoms with Crippen LogP contribution in [0.2, 0.25) is 5.02 Å². The van der Waals surface area contributed by atoms with E-state index in [9.17, 15) is 32.3 Å². The Morgan fingerprint density at radius 3 is 2.44 bits per heavy atom. The molecule has 1 aromatic heterocycles. The summed E-state index contributed by atoms with van der Waals surface area (Å²) in [5, 5.41) is 3.12. The maximum atomic E-state index is 13.9. The first kappa shape index (κ1) is 32.2. The van der Waals surface area contributed by atoms with Crippen LogP contribution in [-0.2, 0) is 32.1 Å². The molecule has 232 valence electrons. The van der Waals surface area contributed by atoms with Crippen LogP contribution in [0.4, 0.5) is 18.0 Å². The van der Waals surface area contributed by atoms with Gasteiger partial charge in [0.05, 0.1) is 25.3 Å². The Morgan fingerprint density at radius 1 is 1.14 bits per heavy atom. The second-order valence-electron chi connectivity index (χ2n) is 11.1. The van der Waals surface area contributed by atoms with Crippen LogP contribution in [-0.4, -0.2) is 99.5 Å². The number of halogens is 4. The van der Waals surface area contributed by atoms with Gasteiger partial charge in [-0.05, 0) is 43.7 Å². The van der Waals surface area contributed by atoms with Gasteiger partial charge in [-0.1, -0.05) is 29.8 Å².